The molecule has 0 aliphatic heterocycles. The predicted octanol–water partition coefficient (Wildman–Crippen LogP) is 3.97. The van der Waals surface area contributed by atoms with E-state index in [-0.39, 0.29) is 0 Å². The van der Waals surface area contributed by atoms with Crippen LogP contribution in [0.15, 0.2) is 0 Å². The standard InChI is InChI=1S/C14H29N/c1-3-5-7-13-10-12(6-4-2)8-9-14(13)11-15/h12-14H,3-11,15H2,1-2H3. The first-order chi connectivity index (χ1) is 7.31. The largest absolute Gasteiger partial charge is 0.330 e. The maximum absolute atomic E-state index is 5.88. The molecule has 15 heavy (non-hydrogen) atoms. The predicted molar refractivity (Wildman–Crippen MR) is 67.8 cm³/mol. The van der Waals surface area contributed by atoms with Crippen molar-refractivity contribution in [2.24, 2.45) is 23.5 Å². The minimum Gasteiger partial charge on any atom is -0.330 e. The Morgan fingerprint density at radius 3 is 2.40 bits per heavy atom. The molecular weight excluding hydrogens is 182 g/mol. The number of hydrogen-bond donors (Lipinski definition) is 1. The van der Waals surface area contributed by atoms with Crippen molar-refractivity contribution in [3.63, 3.8) is 0 Å². The lowest BCUT2D eigenvalue weighted by Gasteiger charge is -2.35. The molecule has 0 aromatic heterocycles. The highest BCUT2D eigenvalue weighted by Crippen LogP contribution is 2.38. The summed E-state index contributed by atoms with van der Waals surface area (Å²) in [4.78, 5) is 0. The molecule has 0 aromatic carbocycles. The van der Waals surface area contributed by atoms with Gasteiger partial charge in [-0.3, -0.25) is 0 Å². The van der Waals surface area contributed by atoms with Crippen LogP contribution in [0.25, 0.3) is 0 Å². The maximum atomic E-state index is 5.88. The van der Waals surface area contributed by atoms with E-state index in [2.05, 4.69) is 13.8 Å². The van der Waals surface area contributed by atoms with Crippen LogP contribution >= 0.6 is 0 Å². The van der Waals surface area contributed by atoms with E-state index in [1.54, 1.807) is 0 Å². The topological polar surface area (TPSA) is 26.0 Å². The van der Waals surface area contributed by atoms with Gasteiger partial charge in [-0.1, -0.05) is 52.4 Å². The number of nitrogens with two attached hydrogens (primary N) is 1. The minimum atomic E-state index is 0.838. The molecule has 1 fully saturated rings. The van der Waals surface area contributed by atoms with Crippen LogP contribution in [0.5, 0.6) is 0 Å². The fraction of sp³-hybridized carbons (Fsp3) is 1.00. The second-order valence-electron chi connectivity index (χ2n) is 5.37. The summed E-state index contributed by atoms with van der Waals surface area (Å²) in [5.74, 6) is 2.80. The van der Waals surface area contributed by atoms with Crippen LogP contribution in [0.3, 0.4) is 0 Å². The summed E-state index contributed by atoms with van der Waals surface area (Å²) in [5.41, 5.74) is 5.88. The summed E-state index contributed by atoms with van der Waals surface area (Å²) in [6.07, 6.45) is 11.3. The zero-order valence-corrected chi connectivity index (χ0v) is 10.7. The number of rotatable bonds is 6. The van der Waals surface area contributed by atoms with Gasteiger partial charge >= 0.3 is 0 Å². The van der Waals surface area contributed by atoms with Gasteiger partial charge in [0.2, 0.25) is 0 Å². The van der Waals surface area contributed by atoms with E-state index in [0.717, 1.165) is 24.3 Å². The van der Waals surface area contributed by atoms with Gasteiger partial charge in [0.15, 0.2) is 0 Å². The Hall–Kier alpha value is -0.0400. The molecule has 1 saturated carbocycles. The third kappa shape index (κ3) is 4.14. The second-order valence-corrected chi connectivity index (χ2v) is 5.37. The van der Waals surface area contributed by atoms with E-state index >= 15 is 0 Å². The molecule has 3 atom stereocenters. The third-order valence-electron chi connectivity index (χ3n) is 4.18. The molecule has 3 unspecified atom stereocenters. The molecule has 1 nitrogen and oxygen atoms in total. The van der Waals surface area contributed by atoms with Crippen LogP contribution in [0, 0.1) is 17.8 Å². The molecule has 1 heteroatoms. The highest BCUT2D eigenvalue weighted by Gasteiger charge is 2.28. The van der Waals surface area contributed by atoms with Crippen molar-refractivity contribution in [3.05, 3.63) is 0 Å². The first kappa shape index (κ1) is 13.0. The van der Waals surface area contributed by atoms with Crippen molar-refractivity contribution in [1.82, 2.24) is 0 Å². The highest BCUT2D eigenvalue weighted by atomic mass is 14.6. The smallest absolute Gasteiger partial charge is 0.00462 e. The highest BCUT2D eigenvalue weighted by molar-refractivity contribution is 4.80. The number of hydrogen-bond acceptors (Lipinski definition) is 1. The van der Waals surface area contributed by atoms with E-state index in [9.17, 15) is 0 Å². The first-order valence-electron chi connectivity index (χ1n) is 7.01. The van der Waals surface area contributed by atoms with Gasteiger partial charge in [0.05, 0.1) is 0 Å². The molecule has 0 heterocycles. The fourth-order valence-corrected chi connectivity index (χ4v) is 3.22. The molecule has 2 N–H and O–H groups in total. The summed E-state index contributed by atoms with van der Waals surface area (Å²) in [6.45, 7) is 5.53. The van der Waals surface area contributed by atoms with Gasteiger partial charge < -0.3 is 5.73 Å². The average Bonchev–Trinajstić information content (AvgIpc) is 2.27. The molecule has 0 aromatic rings. The van der Waals surface area contributed by atoms with Crippen molar-refractivity contribution in [1.29, 1.82) is 0 Å². The molecule has 1 aliphatic carbocycles. The van der Waals surface area contributed by atoms with Gasteiger partial charge in [-0.25, -0.2) is 0 Å². The molecule has 0 spiro atoms. The second kappa shape index (κ2) is 7.27. The molecular formula is C14H29N. The van der Waals surface area contributed by atoms with Crippen molar-refractivity contribution < 1.29 is 0 Å². The summed E-state index contributed by atoms with van der Waals surface area (Å²) < 4.78 is 0. The fourth-order valence-electron chi connectivity index (χ4n) is 3.22. The average molecular weight is 211 g/mol. The van der Waals surface area contributed by atoms with Gasteiger partial charge in [0.25, 0.3) is 0 Å². The van der Waals surface area contributed by atoms with Gasteiger partial charge in [-0.05, 0) is 37.1 Å². The van der Waals surface area contributed by atoms with Crippen LogP contribution in [-0.2, 0) is 0 Å². The van der Waals surface area contributed by atoms with Crippen LogP contribution in [0.2, 0.25) is 0 Å². The zero-order chi connectivity index (χ0) is 11.1. The van der Waals surface area contributed by atoms with Crippen LogP contribution in [0.1, 0.15) is 65.2 Å². The molecule has 0 saturated heterocycles. The third-order valence-corrected chi connectivity index (χ3v) is 4.18. The molecule has 0 amide bonds. The van der Waals surface area contributed by atoms with Crippen molar-refractivity contribution >= 4 is 0 Å². The van der Waals surface area contributed by atoms with Gasteiger partial charge in [0, 0.05) is 0 Å². The normalized spacial score (nSPS) is 31.8. The Labute approximate surface area is 95.8 Å². The number of unbranched alkanes of at least 4 members (excludes halogenated alkanes) is 1. The first-order valence-corrected chi connectivity index (χ1v) is 7.01. The van der Waals surface area contributed by atoms with E-state index in [1.807, 2.05) is 0 Å². The van der Waals surface area contributed by atoms with Crippen molar-refractivity contribution in [3.8, 4) is 0 Å². The summed E-state index contributed by atoms with van der Waals surface area (Å²) >= 11 is 0. The molecule has 1 rings (SSSR count). The minimum absolute atomic E-state index is 0.838. The summed E-state index contributed by atoms with van der Waals surface area (Å²) in [6, 6.07) is 0. The van der Waals surface area contributed by atoms with E-state index in [4.69, 9.17) is 5.73 Å². The van der Waals surface area contributed by atoms with Crippen LogP contribution < -0.4 is 5.73 Å². The van der Waals surface area contributed by atoms with Gasteiger partial charge in [-0.2, -0.15) is 0 Å². The summed E-state index contributed by atoms with van der Waals surface area (Å²) in [5, 5.41) is 0. The van der Waals surface area contributed by atoms with E-state index < -0.39 is 0 Å². The Morgan fingerprint density at radius 2 is 1.80 bits per heavy atom. The van der Waals surface area contributed by atoms with Crippen molar-refractivity contribution in [2.75, 3.05) is 6.54 Å². The lowest BCUT2D eigenvalue weighted by Crippen LogP contribution is -2.30. The molecule has 90 valence electrons. The Morgan fingerprint density at radius 1 is 1.00 bits per heavy atom. The molecule has 0 radical (unpaired) electrons. The Kier molecular flexibility index (Phi) is 6.31. The van der Waals surface area contributed by atoms with E-state index in [0.29, 0.717) is 0 Å². The van der Waals surface area contributed by atoms with Crippen LogP contribution in [0.4, 0.5) is 0 Å². The SMILES string of the molecule is CCCCC1CC(CCC)CCC1CN. The van der Waals surface area contributed by atoms with Gasteiger partial charge in [-0.15, -0.1) is 0 Å². The monoisotopic (exact) mass is 211 g/mol. The maximum Gasteiger partial charge on any atom is -0.00462 e. The van der Waals surface area contributed by atoms with Crippen molar-refractivity contribution in [2.45, 2.75) is 65.2 Å². The van der Waals surface area contributed by atoms with Crippen LogP contribution in [-0.4, -0.2) is 6.54 Å². The van der Waals surface area contributed by atoms with E-state index in [1.165, 1.54) is 51.4 Å². The lowest BCUT2D eigenvalue weighted by atomic mass is 9.71. The Bertz CT molecular complexity index is 155. The molecule has 0 bridgehead atoms. The zero-order valence-electron chi connectivity index (χ0n) is 10.7. The summed E-state index contributed by atoms with van der Waals surface area (Å²) in [7, 11) is 0. The Balaban J connectivity index is 2.38. The lowest BCUT2D eigenvalue weighted by molar-refractivity contribution is 0.165. The molecule has 1 aliphatic rings. The van der Waals surface area contributed by atoms with Gasteiger partial charge in [0.1, 0.15) is 0 Å². The quantitative estimate of drug-likeness (QED) is 0.707.